The van der Waals surface area contributed by atoms with Gasteiger partial charge in [-0.2, -0.15) is 0 Å². The zero-order valence-electron chi connectivity index (χ0n) is 14.0. The molecule has 3 atom stereocenters. The number of nitrogens with zero attached hydrogens (tertiary/aromatic N) is 3. The quantitative estimate of drug-likeness (QED) is 0.863. The predicted octanol–water partition coefficient (Wildman–Crippen LogP) is 1.56. The van der Waals surface area contributed by atoms with E-state index in [0.717, 1.165) is 32.4 Å². The van der Waals surface area contributed by atoms with Gasteiger partial charge < -0.3 is 14.8 Å². The maximum absolute atomic E-state index is 12.6. The molecule has 0 aliphatic carbocycles. The van der Waals surface area contributed by atoms with Crippen LogP contribution in [0.25, 0.3) is 0 Å². The van der Waals surface area contributed by atoms with E-state index in [4.69, 9.17) is 0 Å². The Kier molecular flexibility index (Phi) is 4.09. The molecule has 0 spiro atoms. The topological polar surface area (TPSA) is 78.6 Å². The van der Waals surface area contributed by atoms with Crippen molar-refractivity contribution in [3.63, 3.8) is 0 Å². The summed E-state index contributed by atoms with van der Waals surface area (Å²) in [5.74, 6) is -0.485. The van der Waals surface area contributed by atoms with Crippen LogP contribution in [0.5, 0.6) is 0 Å². The minimum atomic E-state index is -1.58. The summed E-state index contributed by atoms with van der Waals surface area (Å²) in [7, 11) is 0. The highest BCUT2D eigenvalue weighted by molar-refractivity contribution is 5.82. The van der Waals surface area contributed by atoms with Crippen LogP contribution in [0.2, 0.25) is 0 Å². The van der Waals surface area contributed by atoms with Crippen LogP contribution in [0.1, 0.15) is 24.8 Å². The molecule has 1 aromatic heterocycles. The molecule has 3 aliphatic rings. The van der Waals surface area contributed by atoms with Crippen LogP contribution < -0.4 is 0 Å². The van der Waals surface area contributed by atoms with Gasteiger partial charge in [0.25, 0.3) is 0 Å². The fourth-order valence-electron chi connectivity index (χ4n) is 4.61. The van der Waals surface area contributed by atoms with Gasteiger partial charge in [-0.25, -0.2) is 9.78 Å². The van der Waals surface area contributed by atoms with E-state index in [2.05, 4.69) is 9.88 Å². The first-order valence-electron chi connectivity index (χ1n) is 8.83. The second kappa shape index (κ2) is 6.28. The Morgan fingerprint density at radius 2 is 1.96 bits per heavy atom. The van der Waals surface area contributed by atoms with Crippen LogP contribution in [0, 0.1) is 5.92 Å². The van der Waals surface area contributed by atoms with Gasteiger partial charge in [-0.05, 0) is 43.8 Å². The number of imidazole rings is 1. The lowest BCUT2D eigenvalue weighted by Crippen LogP contribution is -2.63. The van der Waals surface area contributed by atoms with E-state index < -0.39 is 17.6 Å². The molecule has 0 amide bonds. The third kappa shape index (κ3) is 2.48. The first kappa shape index (κ1) is 16.3. The molecule has 1 aromatic carbocycles. The van der Waals surface area contributed by atoms with Crippen LogP contribution in [-0.2, 0) is 10.3 Å². The average Bonchev–Trinajstić information content (AvgIpc) is 3.18. The summed E-state index contributed by atoms with van der Waals surface area (Å²) in [6.07, 6.45) is 6.73. The Bertz CT molecular complexity index is 726. The molecule has 0 radical (unpaired) electrons. The molecule has 25 heavy (non-hydrogen) atoms. The van der Waals surface area contributed by atoms with E-state index in [0.29, 0.717) is 11.5 Å². The average molecular weight is 341 g/mol. The summed E-state index contributed by atoms with van der Waals surface area (Å²) >= 11 is 0. The van der Waals surface area contributed by atoms with Gasteiger partial charge in [0.2, 0.25) is 0 Å². The monoisotopic (exact) mass is 341 g/mol. The van der Waals surface area contributed by atoms with Gasteiger partial charge in [-0.3, -0.25) is 4.90 Å². The van der Waals surface area contributed by atoms with Crippen molar-refractivity contribution in [3.8, 4) is 0 Å². The van der Waals surface area contributed by atoms with E-state index >= 15 is 0 Å². The molecule has 2 bridgehead atoms. The lowest BCUT2D eigenvalue weighted by molar-refractivity contribution is -0.156. The number of benzene rings is 1. The standard InChI is InChI=1S/C19H23N3O3/c23-17(16-12-14-6-9-21(16)10-7-14)19(18(24)25,22-11-8-20-13-22)15-4-2-1-3-5-15/h1-5,8,11,13-14,16-17,23H,6-7,9-10,12H2,(H,24,25). The molecule has 4 heterocycles. The number of aromatic nitrogens is 2. The lowest BCUT2D eigenvalue weighted by Gasteiger charge is -2.50. The SMILES string of the molecule is O=C(O)C(c1ccccc1)(C(O)C1CC2CCN1CC2)n1ccnc1. The van der Waals surface area contributed by atoms with Gasteiger partial charge in [0.1, 0.15) is 6.10 Å². The Hall–Kier alpha value is -2.18. The van der Waals surface area contributed by atoms with Crippen molar-refractivity contribution >= 4 is 5.97 Å². The molecular formula is C19H23N3O3. The summed E-state index contributed by atoms with van der Waals surface area (Å²) < 4.78 is 1.54. The number of rotatable bonds is 5. The fraction of sp³-hybridized carbons (Fsp3) is 0.474. The van der Waals surface area contributed by atoms with Gasteiger partial charge >= 0.3 is 5.97 Å². The first-order chi connectivity index (χ1) is 12.1. The summed E-state index contributed by atoms with van der Waals surface area (Å²) in [5.41, 5.74) is -1.02. The molecule has 6 nitrogen and oxygen atoms in total. The smallest absolute Gasteiger partial charge is 0.337 e. The Morgan fingerprint density at radius 3 is 2.48 bits per heavy atom. The number of carboxylic acid groups (broad SMARTS) is 1. The second-order valence-corrected chi connectivity index (χ2v) is 7.13. The number of carbonyl (C=O) groups is 1. The molecule has 0 saturated carbocycles. The Labute approximate surface area is 146 Å². The summed E-state index contributed by atoms with van der Waals surface area (Å²) in [6.45, 7) is 1.86. The maximum Gasteiger partial charge on any atom is 0.337 e. The minimum Gasteiger partial charge on any atom is -0.479 e. The first-order valence-corrected chi connectivity index (χ1v) is 8.83. The van der Waals surface area contributed by atoms with E-state index in [9.17, 15) is 15.0 Å². The molecule has 2 N–H and O–H groups in total. The number of aliphatic hydroxyl groups excluding tert-OH is 1. The van der Waals surface area contributed by atoms with Crippen LogP contribution >= 0.6 is 0 Å². The number of piperidine rings is 3. The van der Waals surface area contributed by atoms with Crippen LogP contribution in [0.4, 0.5) is 0 Å². The molecule has 3 saturated heterocycles. The van der Waals surface area contributed by atoms with Crippen molar-refractivity contribution in [3.05, 3.63) is 54.6 Å². The van der Waals surface area contributed by atoms with Gasteiger partial charge in [0, 0.05) is 18.4 Å². The minimum absolute atomic E-state index is 0.161. The van der Waals surface area contributed by atoms with Crippen LogP contribution in [-0.4, -0.2) is 55.9 Å². The van der Waals surface area contributed by atoms with Crippen molar-refractivity contribution in [2.75, 3.05) is 13.1 Å². The summed E-state index contributed by atoms with van der Waals surface area (Å²) in [6, 6.07) is 8.85. The fourth-order valence-corrected chi connectivity index (χ4v) is 4.61. The predicted molar refractivity (Wildman–Crippen MR) is 92.1 cm³/mol. The van der Waals surface area contributed by atoms with Crippen molar-refractivity contribution in [2.45, 2.75) is 36.9 Å². The largest absolute Gasteiger partial charge is 0.479 e. The molecule has 5 rings (SSSR count). The second-order valence-electron chi connectivity index (χ2n) is 7.13. The maximum atomic E-state index is 12.6. The molecule has 2 aromatic rings. The van der Waals surface area contributed by atoms with E-state index in [1.807, 2.05) is 18.2 Å². The third-order valence-electron chi connectivity index (χ3n) is 5.94. The van der Waals surface area contributed by atoms with E-state index in [1.165, 1.54) is 6.33 Å². The van der Waals surface area contributed by atoms with E-state index in [-0.39, 0.29) is 6.04 Å². The van der Waals surface area contributed by atoms with Crippen LogP contribution in [0.15, 0.2) is 49.1 Å². The van der Waals surface area contributed by atoms with Crippen molar-refractivity contribution in [1.82, 2.24) is 14.5 Å². The molecule has 3 fully saturated rings. The highest BCUT2D eigenvalue weighted by Gasteiger charge is 2.54. The Morgan fingerprint density at radius 1 is 1.24 bits per heavy atom. The van der Waals surface area contributed by atoms with Crippen molar-refractivity contribution in [1.29, 1.82) is 0 Å². The molecule has 6 heteroatoms. The Balaban J connectivity index is 1.84. The lowest BCUT2D eigenvalue weighted by atomic mass is 9.73. The number of hydrogen-bond acceptors (Lipinski definition) is 4. The number of fused-ring (bicyclic) bond motifs is 3. The van der Waals surface area contributed by atoms with Gasteiger partial charge in [0.05, 0.1) is 6.33 Å². The van der Waals surface area contributed by atoms with Gasteiger partial charge in [0.15, 0.2) is 5.54 Å². The van der Waals surface area contributed by atoms with Crippen LogP contribution in [0.3, 0.4) is 0 Å². The third-order valence-corrected chi connectivity index (χ3v) is 5.94. The zero-order chi connectivity index (χ0) is 17.4. The molecule has 132 valence electrons. The van der Waals surface area contributed by atoms with E-state index in [1.54, 1.807) is 29.1 Å². The van der Waals surface area contributed by atoms with Crippen molar-refractivity contribution in [2.24, 2.45) is 5.92 Å². The van der Waals surface area contributed by atoms with Crippen molar-refractivity contribution < 1.29 is 15.0 Å². The highest BCUT2D eigenvalue weighted by Crippen LogP contribution is 2.40. The van der Waals surface area contributed by atoms with Gasteiger partial charge in [-0.1, -0.05) is 30.3 Å². The molecule has 3 unspecified atom stereocenters. The zero-order valence-corrected chi connectivity index (χ0v) is 14.0. The highest BCUT2D eigenvalue weighted by atomic mass is 16.4. The van der Waals surface area contributed by atoms with Gasteiger partial charge in [-0.15, -0.1) is 0 Å². The number of hydrogen-bond donors (Lipinski definition) is 2. The summed E-state index contributed by atoms with van der Waals surface area (Å²) in [5, 5.41) is 21.7. The normalized spacial score (nSPS) is 29.1. The molecular weight excluding hydrogens is 318 g/mol. The summed E-state index contributed by atoms with van der Waals surface area (Å²) in [4.78, 5) is 18.9. The molecule has 3 aliphatic heterocycles. The number of aliphatic hydroxyl groups is 1. The number of aliphatic carboxylic acids is 1. The number of carboxylic acids is 1.